The largest absolute Gasteiger partial charge is 0.494 e. The summed E-state index contributed by atoms with van der Waals surface area (Å²) in [6.45, 7) is 2.63. The van der Waals surface area contributed by atoms with Crippen molar-refractivity contribution in [3.8, 4) is 5.75 Å². The van der Waals surface area contributed by atoms with Gasteiger partial charge in [0.2, 0.25) is 5.91 Å². The average molecular weight is 249 g/mol. The highest BCUT2D eigenvalue weighted by Crippen LogP contribution is 2.48. The van der Waals surface area contributed by atoms with E-state index in [0.29, 0.717) is 12.5 Å². The summed E-state index contributed by atoms with van der Waals surface area (Å²) in [5.74, 6) is 1.31. The van der Waals surface area contributed by atoms with Crippen molar-refractivity contribution in [3.05, 3.63) is 29.8 Å². The number of amides is 1. The Hall–Kier alpha value is -1.55. The number of carbonyl (C=O) groups excluding carboxylic acids is 1. The monoisotopic (exact) mass is 249 g/mol. The van der Waals surface area contributed by atoms with Gasteiger partial charge in [0.05, 0.1) is 13.7 Å². The van der Waals surface area contributed by atoms with E-state index in [1.807, 2.05) is 31.2 Å². The molecular weight excluding hydrogens is 230 g/mol. The lowest BCUT2D eigenvalue weighted by Crippen LogP contribution is -2.27. The van der Waals surface area contributed by atoms with E-state index in [1.165, 1.54) is 17.7 Å². The van der Waals surface area contributed by atoms with E-state index >= 15 is 0 Å². The molecule has 0 aromatic heterocycles. The van der Waals surface area contributed by atoms with Crippen molar-refractivity contribution in [1.29, 1.82) is 0 Å². The van der Waals surface area contributed by atoms with Gasteiger partial charge in [0.15, 0.2) is 0 Å². The molecule has 1 aromatic rings. The lowest BCUT2D eigenvalue weighted by molar-refractivity contribution is -0.170. The first-order chi connectivity index (χ1) is 8.67. The van der Waals surface area contributed by atoms with Crippen LogP contribution in [0.2, 0.25) is 0 Å². The molecule has 0 aliphatic heterocycles. The first-order valence-electron chi connectivity index (χ1n) is 6.21. The van der Waals surface area contributed by atoms with Crippen molar-refractivity contribution in [1.82, 2.24) is 5.06 Å². The minimum atomic E-state index is 0.0522. The van der Waals surface area contributed by atoms with Crippen LogP contribution in [0.4, 0.5) is 0 Å². The summed E-state index contributed by atoms with van der Waals surface area (Å²) < 4.78 is 5.40. The molecule has 0 radical (unpaired) electrons. The molecule has 0 heterocycles. The maximum Gasteiger partial charge on any atom is 0.249 e. The minimum Gasteiger partial charge on any atom is -0.494 e. The van der Waals surface area contributed by atoms with Crippen molar-refractivity contribution in [2.24, 2.45) is 5.92 Å². The summed E-state index contributed by atoms with van der Waals surface area (Å²) in [6.07, 6.45) is 0.903. The zero-order valence-electron chi connectivity index (χ0n) is 11.1. The smallest absolute Gasteiger partial charge is 0.249 e. The van der Waals surface area contributed by atoms with Crippen LogP contribution in [0.1, 0.15) is 24.8 Å². The van der Waals surface area contributed by atoms with Crippen molar-refractivity contribution in [2.75, 3.05) is 20.8 Å². The molecule has 18 heavy (non-hydrogen) atoms. The quantitative estimate of drug-likeness (QED) is 0.751. The van der Waals surface area contributed by atoms with Gasteiger partial charge in [-0.3, -0.25) is 9.63 Å². The highest BCUT2D eigenvalue weighted by molar-refractivity contribution is 5.81. The molecule has 98 valence electrons. The van der Waals surface area contributed by atoms with E-state index in [0.717, 1.165) is 12.2 Å². The molecule has 4 heteroatoms. The molecule has 2 atom stereocenters. The topological polar surface area (TPSA) is 38.8 Å². The first-order valence-corrected chi connectivity index (χ1v) is 6.21. The standard InChI is InChI=1S/C14H19NO3/c1-4-18-11-7-5-10(6-8-11)12-9-13(12)14(16)15(2)17-3/h5-8,12-13H,4,9H2,1-3H3. The highest BCUT2D eigenvalue weighted by atomic mass is 16.7. The first kappa shape index (κ1) is 12.9. The third-order valence-electron chi connectivity index (χ3n) is 3.31. The zero-order chi connectivity index (χ0) is 13.1. The van der Waals surface area contributed by atoms with Gasteiger partial charge in [-0.1, -0.05) is 12.1 Å². The zero-order valence-corrected chi connectivity index (χ0v) is 11.1. The number of hydrogen-bond acceptors (Lipinski definition) is 3. The Morgan fingerprint density at radius 1 is 1.39 bits per heavy atom. The maximum absolute atomic E-state index is 11.9. The average Bonchev–Trinajstić information content (AvgIpc) is 3.18. The van der Waals surface area contributed by atoms with E-state index in [2.05, 4.69) is 0 Å². The molecule has 0 saturated heterocycles. The Morgan fingerprint density at radius 3 is 2.61 bits per heavy atom. The van der Waals surface area contributed by atoms with Crippen molar-refractivity contribution in [3.63, 3.8) is 0 Å². The molecule has 2 rings (SSSR count). The van der Waals surface area contributed by atoms with Crippen LogP contribution in [-0.2, 0) is 9.63 Å². The second-order valence-corrected chi connectivity index (χ2v) is 4.47. The van der Waals surface area contributed by atoms with Crippen LogP contribution in [0.15, 0.2) is 24.3 Å². The molecule has 1 aliphatic rings. The normalized spacial score (nSPS) is 21.5. The Balaban J connectivity index is 1.97. The summed E-state index contributed by atoms with van der Waals surface area (Å²) in [7, 11) is 3.15. The summed E-state index contributed by atoms with van der Waals surface area (Å²) in [5.41, 5.74) is 1.20. The number of nitrogens with zero attached hydrogens (tertiary/aromatic N) is 1. The van der Waals surface area contributed by atoms with Gasteiger partial charge >= 0.3 is 0 Å². The van der Waals surface area contributed by atoms with Gasteiger partial charge in [-0.2, -0.15) is 0 Å². The van der Waals surface area contributed by atoms with Crippen molar-refractivity contribution in [2.45, 2.75) is 19.3 Å². The molecule has 1 fully saturated rings. The summed E-state index contributed by atoms with van der Waals surface area (Å²) in [4.78, 5) is 16.8. The number of rotatable bonds is 5. The van der Waals surface area contributed by atoms with E-state index in [-0.39, 0.29) is 11.8 Å². The van der Waals surface area contributed by atoms with Crippen LogP contribution < -0.4 is 4.74 Å². The molecular formula is C14H19NO3. The number of benzene rings is 1. The van der Waals surface area contributed by atoms with E-state index in [9.17, 15) is 4.79 Å². The third-order valence-corrected chi connectivity index (χ3v) is 3.31. The van der Waals surface area contributed by atoms with Crippen molar-refractivity contribution < 1.29 is 14.4 Å². The molecule has 1 aromatic carbocycles. The van der Waals surface area contributed by atoms with Crippen LogP contribution in [-0.4, -0.2) is 31.7 Å². The Morgan fingerprint density at radius 2 is 2.06 bits per heavy atom. The fraction of sp³-hybridized carbons (Fsp3) is 0.500. The maximum atomic E-state index is 11.9. The number of ether oxygens (including phenoxy) is 1. The van der Waals surface area contributed by atoms with Gasteiger partial charge in [-0.05, 0) is 37.0 Å². The molecule has 0 bridgehead atoms. The molecule has 0 N–H and O–H groups in total. The summed E-state index contributed by atoms with van der Waals surface area (Å²) >= 11 is 0. The van der Waals surface area contributed by atoms with Crippen LogP contribution in [0.5, 0.6) is 5.75 Å². The van der Waals surface area contributed by atoms with Gasteiger partial charge in [0.25, 0.3) is 0 Å². The Kier molecular flexibility index (Phi) is 3.87. The second-order valence-electron chi connectivity index (χ2n) is 4.47. The molecule has 0 spiro atoms. The highest BCUT2D eigenvalue weighted by Gasteiger charge is 2.45. The summed E-state index contributed by atoms with van der Waals surface area (Å²) in [5, 5.41) is 1.30. The Bertz CT molecular complexity index is 416. The number of hydroxylamine groups is 2. The van der Waals surface area contributed by atoms with Crippen LogP contribution in [0, 0.1) is 5.92 Å². The predicted molar refractivity (Wildman–Crippen MR) is 68.2 cm³/mol. The van der Waals surface area contributed by atoms with Gasteiger partial charge in [-0.15, -0.1) is 0 Å². The van der Waals surface area contributed by atoms with Crippen LogP contribution in [0.3, 0.4) is 0 Å². The minimum absolute atomic E-state index is 0.0522. The lowest BCUT2D eigenvalue weighted by Gasteiger charge is -2.13. The number of hydrogen-bond donors (Lipinski definition) is 0. The van der Waals surface area contributed by atoms with Gasteiger partial charge in [0.1, 0.15) is 5.75 Å². The van der Waals surface area contributed by atoms with E-state index < -0.39 is 0 Å². The Labute approximate surface area is 107 Å². The fourth-order valence-corrected chi connectivity index (χ4v) is 2.14. The van der Waals surface area contributed by atoms with Gasteiger partial charge in [0, 0.05) is 13.0 Å². The fourth-order valence-electron chi connectivity index (χ4n) is 2.14. The molecule has 1 saturated carbocycles. The molecule has 1 aliphatic carbocycles. The molecule has 4 nitrogen and oxygen atoms in total. The van der Waals surface area contributed by atoms with Gasteiger partial charge in [-0.25, -0.2) is 5.06 Å². The summed E-state index contributed by atoms with van der Waals surface area (Å²) in [6, 6.07) is 7.99. The molecule has 2 unspecified atom stereocenters. The van der Waals surface area contributed by atoms with Gasteiger partial charge < -0.3 is 4.74 Å². The van der Waals surface area contributed by atoms with Crippen LogP contribution >= 0.6 is 0 Å². The molecule has 1 amide bonds. The van der Waals surface area contributed by atoms with Crippen molar-refractivity contribution >= 4 is 5.91 Å². The lowest BCUT2D eigenvalue weighted by atomic mass is 10.1. The predicted octanol–water partition coefficient (Wildman–Crippen LogP) is 2.21. The van der Waals surface area contributed by atoms with E-state index in [4.69, 9.17) is 9.57 Å². The SMILES string of the molecule is CCOc1ccc(C2CC2C(=O)N(C)OC)cc1. The van der Waals surface area contributed by atoms with Crippen LogP contribution in [0.25, 0.3) is 0 Å². The van der Waals surface area contributed by atoms with E-state index in [1.54, 1.807) is 7.05 Å². The number of carbonyl (C=O) groups is 1. The third kappa shape index (κ3) is 2.64. The second kappa shape index (κ2) is 5.40.